The zero-order chi connectivity index (χ0) is 21.6. The third-order valence-corrected chi connectivity index (χ3v) is 5.81. The van der Waals surface area contributed by atoms with Crippen LogP contribution >= 0.6 is 23.4 Å². The van der Waals surface area contributed by atoms with Crippen LogP contribution in [0.4, 0.5) is 0 Å². The van der Waals surface area contributed by atoms with Crippen molar-refractivity contribution in [1.29, 1.82) is 0 Å². The fraction of sp³-hybridized carbons (Fsp3) is 0.273. The second kappa shape index (κ2) is 10.1. The maximum absolute atomic E-state index is 13.0. The van der Waals surface area contributed by atoms with E-state index in [0.29, 0.717) is 58.3 Å². The fourth-order valence-electron chi connectivity index (χ4n) is 3.08. The molecule has 4 aromatic rings. The van der Waals surface area contributed by atoms with E-state index in [1.165, 1.54) is 11.8 Å². The number of hydrogen-bond donors (Lipinski definition) is 0. The first-order valence-corrected chi connectivity index (χ1v) is 11.3. The van der Waals surface area contributed by atoms with Crippen LogP contribution in [0.15, 0.2) is 63.0 Å². The van der Waals surface area contributed by atoms with Crippen molar-refractivity contribution in [3.8, 4) is 11.4 Å². The van der Waals surface area contributed by atoms with Crippen LogP contribution in [0.2, 0.25) is 5.02 Å². The predicted molar refractivity (Wildman–Crippen MR) is 121 cm³/mol. The molecule has 0 amide bonds. The topological polar surface area (TPSA) is 83.0 Å². The molecule has 4 rings (SSSR count). The van der Waals surface area contributed by atoms with E-state index in [0.717, 1.165) is 12.0 Å². The highest BCUT2D eigenvalue weighted by molar-refractivity contribution is 7.98. The van der Waals surface area contributed by atoms with Crippen molar-refractivity contribution in [1.82, 2.24) is 19.7 Å². The van der Waals surface area contributed by atoms with E-state index in [-0.39, 0.29) is 5.56 Å². The first-order valence-electron chi connectivity index (χ1n) is 9.94. The number of ether oxygens (including phenoxy) is 1. The molecule has 0 atom stereocenters. The Hall–Kier alpha value is -2.68. The van der Waals surface area contributed by atoms with Crippen LogP contribution in [0.3, 0.4) is 0 Å². The number of aromatic nitrogens is 4. The molecule has 2 aromatic heterocycles. The molecule has 0 aliphatic rings. The van der Waals surface area contributed by atoms with Gasteiger partial charge >= 0.3 is 0 Å². The van der Waals surface area contributed by atoms with E-state index < -0.39 is 0 Å². The van der Waals surface area contributed by atoms with E-state index in [1.807, 2.05) is 37.3 Å². The summed E-state index contributed by atoms with van der Waals surface area (Å²) in [6.45, 7) is 3.72. The molecule has 0 saturated heterocycles. The Labute approximate surface area is 188 Å². The summed E-state index contributed by atoms with van der Waals surface area (Å²) in [5.41, 5.74) is 1.43. The normalized spacial score (nSPS) is 11.3. The average molecular weight is 457 g/mol. The van der Waals surface area contributed by atoms with Gasteiger partial charge in [0, 0.05) is 30.3 Å². The molecular formula is C22H21ClN4O3S. The first kappa shape index (κ1) is 21.5. The second-order valence-electron chi connectivity index (χ2n) is 6.73. The molecule has 2 aromatic carbocycles. The second-order valence-corrected chi connectivity index (χ2v) is 8.11. The molecule has 7 nitrogen and oxygen atoms in total. The van der Waals surface area contributed by atoms with Gasteiger partial charge < -0.3 is 9.26 Å². The summed E-state index contributed by atoms with van der Waals surface area (Å²) in [4.78, 5) is 22.2. The van der Waals surface area contributed by atoms with Gasteiger partial charge in [-0.2, -0.15) is 4.98 Å². The summed E-state index contributed by atoms with van der Waals surface area (Å²) in [6, 6.07) is 14.6. The molecule has 0 aliphatic carbocycles. The summed E-state index contributed by atoms with van der Waals surface area (Å²) in [5.74, 6) is 1.35. The maximum Gasteiger partial charge on any atom is 0.262 e. The zero-order valence-corrected chi connectivity index (χ0v) is 18.5. The standard InChI is InChI=1S/C22H21ClN4O3S/c1-2-29-13-5-12-27-21(28)17-6-3-4-7-18(17)24-22(27)31-14-19-25-20(26-30-19)15-8-10-16(23)11-9-15/h3-4,6-11H,2,5,12-14H2,1H3. The van der Waals surface area contributed by atoms with Gasteiger partial charge in [-0.15, -0.1) is 0 Å². The van der Waals surface area contributed by atoms with Crippen LogP contribution in [0, 0.1) is 0 Å². The van der Waals surface area contributed by atoms with E-state index >= 15 is 0 Å². The molecule has 160 valence electrons. The highest BCUT2D eigenvalue weighted by atomic mass is 35.5. The minimum absolute atomic E-state index is 0.0584. The molecule has 0 fully saturated rings. The maximum atomic E-state index is 13.0. The zero-order valence-electron chi connectivity index (χ0n) is 17.0. The van der Waals surface area contributed by atoms with Crippen LogP contribution in [-0.4, -0.2) is 32.9 Å². The Balaban J connectivity index is 1.55. The highest BCUT2D eigenvalue weighted by Crippen LogP contribution is 2.24. The van der Waals surface area contributed by atoms with Crippen molar-refractivity contribution in [2.45, 2.75) is 30.8 Å². The van der Waals surface area contributed by atoms with Crippen molar-refractivity contribution in [2.24, 2.45) is 0 Å². The van der Waals surface area contributed by atoms with Crippen molar-refractivity contribution in [2.75, 3.05) is 13.2 Å². The van der Waals surface area contributed by atoms with Crippen LogP contribution in [0.25, 0.3) is 22.3 Å². The lowest BCUT2D eigenvalue weighted by Crippen LogP contribution is -2.24. The Morgan fingerprint density at radius 2 is 1.94 bits per heavy atom. The van der Waals surface area contributed by atoms with Crippen molar-refractivity contribution in [3.63, 3.8) is 0 Å². The van der Waals surface area contributed by atoms with E-state index in [9.17, 15) is 4.79 Å². The Kier molecular flexibility index (Phi) is 7.01. The number of hydrogen-bond acceptors (Lipinski definition) is 7. The van der Waals surface area contributed by atoms with Gasteiger partial charge in [-0.3, -0.25) is 9.36 Å². The number of nitrogens with zero attached hydrogens (tertiary/aromatic N) is 4. The number of benzene rings is 2. The quantitative estimate of drug-likeness (QED) is 0.203. The molecule has 0 N–H and O–H groups in total. The van der Waals surface area contributed by atoms with Crippen LogP contribution in [0.1, 0.15) is 19.2 Å². The van der Waals surface area contributed by atoms with Gasteiger partial charge in [-0.05, 0) is 49.7 Å². The van der Waals surface area contributed by atoms with E-state index in [1.54, 1.807) is 22.8 Å². The van der Waals surface area contributed by atoms with Gasteiger partial charge in [0.1, 0.15) is 0 Å². The summed E-state index contributed by atoms with van der Waals surface area (Å²) in [5, 5.41) is 5.91. The number of rotatable bonds is 9. The number of halogens is 1. The molecule has 2 heterocycles. The largest absolute Gasteiger partial charge is 0.382 e. The number of fused-ring (bicyclic) bond motifs is 1. The fourth-order valence-corrected chi connectivity index (χ4v) is 4.07. The molecule has 0 bridgehead atoms. The molecule has 31 heavy (non-hydrogen) atoms. The molecular weight excluding hydrogens is 436 g/mol. The van der Waals surface area contributed by atoms with Gasteiger partial charge in [-0.25, -0.2) is 4.98 Å². The summed E-state index contributed by atoms with van der Waals surface area (Å²) in [6.07, 6.45) is 0.725. The molecule has 0 radical (unpaired) electrons. The smallest absolute Gasteiger partial charge is 0.262 e. The van der Waals surface area contributed by atoms with E-state index in [2.05, 4.69) is 10.1 Å². The van der Waals surface area contributed by atoms with Gasteiger partial charge in [0.05, 0.1) is 16.7 Å². The third kappa shape index (κ3) is 5.15. The van der Waals surface area contributed by atoms with Crippen LogP contribution in [-0.2, 0) is 17.0 Å². The lowest BCUT2D eigenvalue weighted by Gasteiger charge is -2.12. The van der Waals surface area contributed by atoms with Crippen molar-refractivity contribution in [3.05, 3.63) is 69.8 Å². The first-order chi connectivity index (χ1) is 15.2. The van der Waals surface area contributed by atoms with Gasteiger partial charge in [0.2, 0.25) is 11.7 Å². The van der Waals surface area contributed by atoms with Gasteiger partial charge in [0.25, 0.3) is 5.56 Å². The van der Waals surface area contributed by atoms with Gasteiger partial charge in [-0.1, -0.05) is 40.7 Å². The molecule has 0 aliphatic heterocycles. The minimum atomic E-state index is -0.0584. The third-order valence-electron chi connectivity index (χ3n) is 4.60. The number of thioether (sulfide) groups is 1. The average Bonchev–Trinajstić information content (AvgIpc) is 3.26. The minimum Gasteiger partial charge on any atom is -0.382 e. The molecule has 0 unspecified atom stereocenters. The SMILES string of the molecule is CCOCCCn1c(SCc2nc(-c3ccc(Cl)cc3)no2)nc2ccccc2c1=O. The van der Waals surface area contributed by atoms with Gasteiger partial charge in [0.15, 0.2) is 5.16 Å². The molecule has 0 spiro atoms. The summed E-state index contributed by atoms with van der Waals surface area (Å²) in [7, 11) is 0. The molecule has 9 heteroatoms. The summed E-state index contributed by atoms with van der Waals surface area (Å²) >= 11 is 7.33. The molecule has 0 saturated carbocycles. The van der Waals surface area contributed by atoms with Crippen molar-refractivity contribution < 1.29 is 9.26 Å². The Morgan fingerprint density at radius 1 is 1.13 bits per heavy atom. The van der Waals surface area contributed by atoms with Crippen LogP contribution < -0.4 is 5.56 Å². The Bertz CT molecular complexity index is 1220. The lowest BCUT2D eigenvalue weighted by molar-refractivity contribution is 0.140. The lowest BCUT2D eigenvalue weighted by atomic mass is 10.2. The Morgan fingerprint density at radius 3 is 2.74 bits per heavy atom. The predicted octanol–water partition coefficient (Wildman–Crippen LogP) is 4.82. The van der Waals surface area contributed by atoms with Crippen LogP contribution in [0.5, 0.6) is 0 Å². The summed E-state index contributed by atoms with van der Waals surface area (Å²) < 4.78 is 12.5. The number of para-hydroxylation sites is 1. The monoisotopic (exact) mass is 456 g/mol. The van der Waals surface area contributed by atoms with Crippen molar-refractivity contribution >= 4 is 34.3 Å². The van der Waals surface area contributed by atoms with E-state index in [4.69, 9.17) is 25.8 Å². The highest BCUT2D eigenvalue weighted by Gasteiger charge is 2.14.